The van der Waals surface area contributed by atoms with Gasteiger partial charge in [0.25, 0.3) is 5.91 Å². The zero-order valence-electron chi connectivity index (χ0n) is 10.2. The summed E-state index contributed by atoms with van der Waals surface area (Å²) < 4.78 is 0.735. The van der Waals surface area contributed by atoms with Crippen molar-refractivity contribution in [1.82, 2.24) is 15.0 Å². The molecule has 0 atom stereocenters. The highest BCUT2D eigenvalue weighted by Crippen LogP contribution is 2.19. The van der Waals surface area contributed by atoms with Crippen LogP contribution in [0, 0.1) is 0 Å². The van der Waals surface area contributed by atoms with E-state index >= 15 is 0 Å². The molecule has 0 spiro atoms. The maximum Gasteiger partial charge on any atom is 0.260 e. The zero-order chi connectivity index (χ0) is 13.7. The second kappa shape index (κ2) is 6.24. The number of pyridine rings is 1. The normalized spacial score (nSPS) is 10.0. The van der Waals surface area contributed by atoms with E-state index in [1.165, 1.54) is 12.4 Å². The van der Waals surface area contributed by atoms with Gasteiger partial charge in [0.2, 0.25) is 0 Å². The SMILES string of the molecule is CCNc1ncc(Br)cc1C(=O)Nc1cnccn1. The van der Waals surface area contributed by atoms with Crippen molar-refractivity contribution in [2.45, 2.75) is 6.92 Å². The van der Waals surface area contributed by atoms with Crippen molar-refractivity contribution in [3.8, 4) is 0 Å². The first-order valence-corrected chi connectivity index (χ1v) is 6.46. The lowest BCUT2D eigenvalue weighted by Gasteiger charge is -2.10. The molecule has 0 aliphatic carbocycles. The molecular formula is C12H12BrN5O. The van der Waals surface area contributed by atoms with Gasteiger partial charge in [0.15, 0.2) is 5.82 Å². The van der Waals surface area contributed by atoms with Crippen LogP contribution in [0.5, 0.6) is 0 Å². The van der Waals surface area contributed by atoms with Crippen LogP contribution in [-0.4, -0.2) is 27.4 Å². The van der Waals surface area contributed by atoms with Gasteiger partial charge in [0.05, 0.1) is 11.8 Å². The van der Waals surface area contributed by atoms with Gasteiger partial charge in [-0.15, -0.1) is 0 Å². The summed E-state index contributed by atoms with van der Waals surface area (Å²) in [5.41, 5.74) is 0.446. The second-order valence-corrected chi connectivity index (χ2v) is 4.54. The number of hydrogen-bond donors (Lipinski definition) is 2. The molecule has 0 bridgehead atoms. The minimum absolute atomic E-state index is 0.287. The van der Waals surface area contributed by atoms with Gasteiger partial charge in [0, 0.05) is 29.6 Å². The largest absolute Gasteiger partial charge is 0.370 e. The van der Waals surface area contributed by atoms with Gasteiger partial charge in [-0.3, -0.25) is 9.78 Å². The number of amides is 1. The van der Waals surface area contributed by atoms with E-state index in [0.717, 1.165) is 4.47 Å². The minimum atomic E-state index is -0.287. The summed E-state index contributed by atoms with van der Waals surface area (Å²) in [4.78, 5) is 24.2. The Morgan fingerprint density at radius 2 is 2.16 bits per heavy atom. The molecule has 0 fully saturated rings. The standard InChI is InChI=1S/C12H12BrN5O/c1-2-15-11-9(5-8(13)6-17-11)12(19)18-10-7-14-3-4-16-10/h3-7H,2H2,1H3,(H,15,17)(H,16,18,19). The van der Waals surface area contributed by atoms with Crippen molar-refractivity contribution >= 4 is 33.5 Å². The molecule has 0 radical (unpaired) electrons. The molecule has 0 saturated heterocycles. The van der Waals surface area contributed by atoms with Crippen LogP contribution in [0.3, 0.4) is 0 Å². The molecule has 7 heteroatoms. The number of hydrogen-bond acceptors (Lipinski definition) is 5. The Hall–Kier alpha value is -2.02. The topological polar surface area (TPSA) is 79.8 Å². The van der Waals surface area contributed by atoms with Crippen molar-refractivity contribution in [2.24, 2.45) is 0 Å². The number of nitrogens with zero attached hydrogens (tertiary/aromatic N) is 3. The van der Waals surface area contributed by atoms with Gasteiger partial charge in [-0.25, -0.2) is 9.97 Å². The molecule has 0 aromatic carbocycles. The molecule has 0 aliphatic rings. The van der Waals surface area contributed by atoms with Crippen molar-refractivity contribution in [1.29, 1.82) is 0 Å². The summed E-state index contributed by atoms with van der Waals surface area (Å²) in [6.07, 6.45) is 6.17. The van der Waals surface area contributed by atoms with Gasteiger partial charge in [-0.1, -0.05) is 0 Å². The van der Waals surface area contributed by atoms with Crippen LogP contribution in [0.15, 0.2) is 35.3 Å². The predicted molar refractivity (Wildman–Crippen MR) is 76.1 cm³/mol. The molecule has 2 rings (SSSR count). The third kappa shape index (κ3) is 3.47. The molecule has 2 aromatic heterocycles. The molecule has 0 unspecified atom stereocenters. The van der Waals surface area contributed by atoms with Gasteiger partial charge >= 0.3 is 0 Å². The lowest BCUT2D eigenvalue weighted by Crippen LogP contribution is -2.16. The van der Waals surface area contributed by atoms with Crippen molar-refractivity contribution in [2.75, 3.05) is 17.2 Å². The fourth-order valence-electron chi connectivity index (χ4n) is 1.47. The van der Waals surface area contributed by atoms with E-state index in [1.807, 2.05) is 6.92 Å². The molecular weight excluding hydrogens is 310 g/mol. The highest BCUT2D eigenvalue weighted by atomic mass is 79.9. The average molecular weight is 322 g/mol. The van der Waals surface area contributed by atoms with Crippen LogP contribution in [0.1, 0.15) is 17.3 Å². The fraction of sp³-hybridized carbons (Fsp3) is 0.167. The number of anilines is 2. The smallest absolute Gasteiger partial charge is 0.260 e. The van der Waals surface area contributed by atoms with Gasteiger partial charge in [-0.05, 0) is 28.9 Å². The quantitative estimate of drug-likeness (QED) is 0.903. The minimum Gasteiger partial charge on any atom is -0.370 e. The highest BCUT2D eigenvalue weighted by Gasteiger charge is 2.13. The molecule has 0 aliphatic heterocycles. The molecule has 19 heavy (non-hydrogen) atoms. The molecule has 0 saturated carbocycles. The summed E-state index contributed by atoms with van der Waals surface area (Å²) in [6, 6.07) is 1.71. The lowest BCUT2D eigenvalue weighted by molar-refractivity contribution is 0.102. The van der Waals surface area contributed by atoms with E-state index in [4.69, 9.17) is 0 Å². The Balaban J connectivity index is 2.25. The Labute approximate surface area is 118 Å². The molecule has 2 N–H and O–H groups in total. The van der Waals surface area contributed by atoms with E-state index in [-0.39, 0.29) is 5.91 Å². The second-order valence-electron chi connectivity index (χ2n) is 3.62. The maximum absolute atomic E-state index is 12.2. The fourth-order valence-corrected chi connectivity index (χ4v) is 1.80. The summed E-state index contributed by atoms with van der Waals surface area (Å²) in [5, 5.41) is 5.71. The van der Waals surface area contributed by atoms with Crippen molar-refractivity contribution in [3.05, 3.63) is 40.9 Å². The molecule has 98 valence electrons. The Morgan fingerprint density at radius 3 is 2.84 bits per heavy atom. The number of rotatable bonds is 4. The van der Waals surface area contributed by atoms with Crippen LogP contribution in [-0.2, 0) is 0 Å². The van der Waals surface area contributed by atoms with Crippen LogP contribution in [0.25, 0.3) is 0 Å². The Kier molecular flexibility index (Phi) is 4.40. The third-order valence-electron chi connectivity index (χ3n) is 2.25. The first-order valence-electron chi connectivity index (χ1n) is 5.67. The summed E-state index contributed by atoms with van der Waals surface area (Å²) in [7, 11) is 0. The van der Waals surface area contributed by atoms with Crippen LogP contribution in [0.2, 0.25) is 0 Å². The molecule has 6 nitrogen and oxygen atoms in total. The number of nitrogens with one attached hydrogen (secondary N) is 2. The highest BCUT2D eigenvalue weighted by molar-refractivity contribution is 9.10. The average Bonchev–Trinajstić information content (AvgIpc) is 2.42. The number of carbonyl (C=O) groups is 1. The van der Waals surface area contributed by atoms with Gasteiger partial charge in [-0.2, -0.15) is 0 Å². The van der Waals surface area contributed by atoms with E-state index in [1.54, 1.807) is 18.5 Å². The van der Waals surface area contributed by atoms with E-state index in [0.29, 0.717) is 23.7 Å². The molecule has 2 aromatic rings. The van der Waals surface area contributed by atoms with Gasteiger partial charge < -0.3 is 10.6 Å². The first kappa shape index (κ1) is 13.4. The predicted octanol–water partition coefficient (Wildman–Crippen LogP) is 2.32. The zero-order valence-corrected chi connectivity index (χ0v) is 11.8. The molecule has 1 amide bonds. The molecule has 2 heterocycles. The van der Waals surface area contributed by atoms with Crippen molar-refractivity contribution < 1.29 is 4.79 Å². The Bertz CT molecular complexity index is 576. The summed E-state index contributed by atoms with van der Waals surface area (Å²) >= 11 is 3.30. The first-order chi connectivity index (χ1) is 9.20. The van der Waals surface area contributed by atoms with E-state index in [2.05, 4.69) is 41.5 Å². The number of halogens is 1. The monoisotopic (exact) mass is 321 g/mol. The van der Waals surface area contributed by atoms with Crippen LogP contribution in [0.4, 0.5) is 11.6 Å². The number of carbonyl (C=O) groups excluding carboxylic acids is 1. The van der Waals surface area contributed by atoms with E-state index < -0.39 is 0 Å². The maximum atomic E-state index is 12.2. The van der Waals surface area contributed by atoms with Gasteiger partial charge in [0.1, 0.15) is 5.82 Å². The number of aromatic nitrogens is 3. The third-order valence-corrected chi connectivity index (χ3v) is 2.68. The van der Waals surface area contributed by atoms with Crippen molar-refractivity contribution in [3.63, 3.8) is 0 Å². The van der Waals surface area contributed by atoms with Crippen LogP contribution < -0.4 is 10.6 Å². The van der Waals surface area contributed by atoms with E-state index in [9.17, 15) is 4.79 Å². The van der Waals surface area contributed by atoms with Crippen LogP contribution >= 0.6 is 15.9 Å². The summed E-state index contributed by atoms with van der Waals surface area (Å²) in [6.45, 7) is 2.62. The lowest BCUT2D eigenvalue weighted by atomic mass is 10.2. The Morgan fingerprint density at radius 1 is 1.32 bits per heavy atom. The summed E-state index contributed by atoms with van der Waals surface area (Å²) in [5.74, 6) is 0.646.